The summed E-state index contributed by atoms with van der Waals surface area (Å²) in [6, 6.07) is 16.5. The predicted octanol–water partition coefficient (Wildman–Crippen LogP) is 3.36. The number of rotatable bonds is 6. The van der Waals surface area contributed by atoms with Gasteiger partial charge in [0.1, 0.15) is 12.1 Å². The molecule has 0 atom stereocenters. The molecule has 10 heteroatoms. The topological polar surface area (TPSA) is 114 Å². The summed E-state index contributed by atoms with van der Waals surface area (Å²) in [5, 5.41) is 17.3. The van der Waals surface area contributed by atoms with Gasteiger partial charge in [-0.2, -0.15) is 4.98 Å². The van der Waals surface area contributed by atoms with Gasteiger partial charge in [0.2, 0.25) is 5.95 Å². The zero-order valence-electron chi connectivity index (χ0n) is 18.1. The van der Waals surface area contributed by atoms with Crippen LogP contribution in [0.15, 0.2) is 60.9 Å². The number of carbonyl (C=O) groups is 1. The van der Waals surface area contributed by atoms with Gasteiger partial charge in [-0.15, -0.1) is 5.10 Å². The molecule has 2 aromatic heterocycles. The summed E-state index contributed by atoms with van der Waals surface area (Å²) >= 11 is 0. The van der Waals surface area contributed by atoms with Gasteiger partial charge in [-0.05, 0) is 72.7 Å². The highest BCUT2D eigenvalue weighted by molar-refractivity contribution is 6.04. The number of nitrogens with zero attached hydrogens (tertiary/aromatic N) is 7. The van der Waals surface area contributed by atoms with Crippen LogP contribution >= 0.6 is 0 Å². The Hall–Kier alpha value is -4.34. The van der Waals surface area contributed by atoms with Crippen molar-refractivity contribution >= 4 is 29.0 Å². The number of nitrogens with one attached hydrogen (secondary N) is 2. The van der Waals surface area contributed by atoms with E-state index in [1.165, 1.54) is 23.9 Å². The maximum Gasteiger partial charge on any atom is 0.255 e. The van der Waals surface area contributed by atoms with Gasteiger partial charge >= 0.3 is 0 Å². The zero-order chi connectivity index (χ0) is 22.6. The summed E-state index contributed by atoms with van der Waals surface area (Å²) in [4.78, 5) is 24.2. The fraction of sp³-hybridized carbons (Fsp3) is 0.217. The minimum atomic E-state index is -0.220. The lowest BCUT2D eigenvalue weighted by atomic mass is 10.2. The summed E-state index contributed by atoms with van der Waals surface area (Å²) in [5.74, 6) is 1.30. The van der Waals surface area contributed by atoms with Gasteiger partial charge in [-0.3, -0.25) is 4.79 Å². The number of aromatic nitrogens is 6. The van der Waals surface area contributed by atoms with Crippen LogP contribution in [0.5, 0.6) is 0 Å². The maximum absolute atomic E-state index is 12.7. The van der Waals surface area contributed by atoms with Crippen LogP contribution in [-0.4, -0.2) is 49.2 Å². The molecule has 1 aliphatic heterocycles. The Kier molecular flexibility index (Phi) is 5.62. The van der Waals surface area contributed by atoms with Gasteiger partial charge < -0.3 is 15.5 Å². The molecular formula is C23H23N9O. The fourth-order valence-electron chi connectivity index (χ4n) is 3.75. The Balaban J connectivity index is 1.26. The van der Waals surface area contributed by atoms with Crippen molar-refractivity contribution in [2.45, 2.75) is 19.8 Å². The van der Waals surface area contributed by atoms with Crippen LogP contribution in [0.3, 0.4) is 0 Å². The first kappa shape index (κ1) is 20.6. The van der Waals surface area contributed by atoms with Crippen molar-refractivity contribution in [3.05, 3.63) is 72.2 Å². The van der Waals surface area contributed by atoms with Crippen LogP contribution < -0.4 is 15.5 Å². The molecule has 1 aliphatic rings. The van der Waals surface area contributed by atoms with E-state index in [9.17, 15) is 4.79 Å². The summed E-state index contributed by atoms with van der Waals surface area (Å²) in [5.41, 5.74) is 3.65. The number of carbonyl (C=O) groups excluding carboxylic acids is 1. The van der Waals surface area contributed by atoms with Crippen molar-refractivity contribution < 1.29 is 4.79 Å². The van der Waals surface area contributed by atoms with Gasteiger partial charge in [0.15, 0.2) is 0 Å². The highest BCUT2D eigenvalue weighted by Crippen LogP contribution is 2.23. The second kappa shape index (κ2) is 9.03. The van der Waals surface area contributed by atoms with Crippen LogP contribution in [-0.2, 0) is 0 Å². The van der Waals surface area contributed by atoms with E-state index in [1.54, 1.807) is 18.2 Å². The molecule has 2 aromatic carbocycles. The molecule has 2 N–H and O–H groups in total. The molecule has 0 spiro atoms. The van der Waals surface area contributed by atoms with E-state index in [4.69, 9.17) is 0 Å². The first-order chi connectivity index (χ1) is 16.1. The normalized spacial score (nSPS) is 13.2. The summed E-state index contributed by atoms with van der Waals surface area (Å²) in [6.45, 7) is 4.03. The zero-order valence-corrected chi connectivity index (χ0v) is 18.1. The lowest BCUT2D eigenvalue weighted by molar-refractivity contribution is 0.102. The number of benzene rings is 2. The van der Waals surface area contributed by atoms with E-state index in [2.05, 4.69) is 41.0 Å². The van der Waals surface area contributed by atoms with Gasteiger partial charge in [-0.25, -0.2) is 9.67 Å². The lowest BCUT2D eigenvalue weighted by Crippen LogP contribution is -2.19. The molecule has 0 aliphatic carbocycles. The van der Waals surface area contributed by atoms with E-state index >= 15 is 0 Å². The lowest BCUT2D eigenvalue weighted by Gasteiger charge is -2.17. The van der Waals surface area contributed by atoms with E-state index in [0.29, 0.717) is 22.9 Å². The second-order valence-electron chi connectivity index (χ2n) is 7.85. The molecule has 0 unspecified atom stereocenters. The second-order valence-corrected chi connectivity index (χ2v) is 7.85. The van der Waals surface area contributed by atoms with E-state index < -0.39 is 0 Å². The molecule has 1 fully saturated rings. The molecule has 1 amide bonds. The quantitative estimate of drug-likeness (QED) is 0.468. The minimum absolute atomic E-state index is 0.220. The Morgan fingerprint density at radius 2 is 1.76 bits per heavy atom. The third-order valence-electron chi connectivity index (χ3n) is 5.39. The van der Waals surface area contributed by atoms with Crippen molar-refractivity contribution in [2.24, 2.45) is 0 Å². The molecule has 10 nitrogen and oxygen atoms in total. The standard InChI is InChI=1S/C23H23N9O/c1-16-13-21(31-11-2-3-12-31)28-23(25-16)27-19-9-7-18(8-10-19)26-22(33)17-5-4-6-20(14-17)32-15-24-29-30-32/h4-10,13-15H,2-3,11-12H2,1H3,(H,26,33)(H,25,27,28). The highest BCUT2D eigenvalue weighted by Gasteiger charge is 2.15. The molecule has 0 saturated carbocycles. The molecule has 3 heterocycles. The van der Waals surface area contributed by atoms with Crippen molar-refractivity contribution in [3.8, 4) is 5.69 Å². The molecule has 0 radical (unpaired) electrons. The van der Waals surface area contributed by atoms with Gasteiger partial charge in [0.05, 0.1) is 5.69 Å². The molecule has 166 valence electrons. The molecule has 5 rings (SSSR count). The number of hydrogen-bond acceptors (Lipinski definition) is 8. The molecule has 33 heavy (non-hydrogen) atoms. The third-order valence-corrected chi connectivity index (χ3v) is 5.39. The van der Waals surface area contributed by atoms with Crippen molar-refractivity contribution in [3.63, 3.8) is 0 Å². The first-order valence-corrected chi connectivity index (χ1v) is 10.8. The minimum Gasteiger partial charge on any atom is -0.356 e. The van der Waals surface area contributed by atoms with Gasteiger partial charge in [-0.1, -0.05) is 6.07 Å². The monoisotopic (exact) mass is 441 g/mol. The largest absolute Gasteiger partial charge is 0.356 e. The van der Waals surface area contributed by atoms with Crippen molar-refractivity contribution in [2.75, 3.05) is 28.6 Å². The van der Waals surface area contributed by atoms with Crippen LogP contribution in [0.2, 0.25) is 0 Å². The van der Waals surface area contributed by atoms with Crippen LogP contribution in [0.25, 0.3) is 5.69 Å². The summed E-state index contributed by atoms with van der Waals surface area (Å²) in [7, 11) is 0. The molecule has 4 aromatic rings. The number of tetrazole rings is 1. The number of hydrogen-bond donors (Lipinski definition) is 2. The van der Waals surface area contributed by atoms with E-state index in [0.717, 1.165) is 30.3 Å². The Bertz CT molecular complexity index is 1250. The average molecular weight is 441 g/mol. The Morgan fingerprint density at radius 3 is 2.52 bits per heavy atom. The molecule has 0 bridgehead atoms. The average Bonchev–Trinajstić information content (AvgIpc) is 3.55. The summed E-state index contributed by atoms with van der Waals surface area (Å²) in [6.07, 6.45) is 3.87. The van der Waals surface area contributed by atoms with Crippen molar-refractivity contribution in [1.82, 2.24) is 30.2 Å². The summed E-state index contributed by atoms with van der Waals surface area (Å²) < 4.78 is 1.50. The van der Waals surface area contributed by atoms with Crippen molar-refractivity contribution in [1.29, 1.82) is 0 Å². The molecular weight excluding hydrogens is 418 g/mol. The van der Waals surface area contributed by atoms with Crippen LogP contribution in [0.4, 0.5) is 23.1 Å². The highest BCUT2D eigenvalue weighted by atomic mass is 16.1. The third kappa shape index (κ3) is 4.79. The van der Waals surface area contributed by atoms with E-state index in [-0.39, 0.29) is 5.91 Å². The first-order valence-electron chi connectivity index (χ1n) is 10.8. The fourth-order valence-corrected chi connectivity index (χ4v) is 3.75. The number of aryl methyl sites for hydroxylation is 1. The Morgan fingerprint density at radius 1 is 0.970 bits per heavy atom. The predicted molar refractivity (Wildman–Crippen MR) is 125 cm³/mol. The van der Waals surface area contributed by atoms with E-state index in [1.807, 2.05) is 43.3 Å². The smallest absolute Gasteiger partial charge is 0.255 e. The van der Waals surface area contributed by atoms with Gasteiger partial charge in [0, 0.05) is 41.8 Å². The Labute approximate surface area is 190 Å². The van der Waals surface area contributed by atoms with Gasteiger partial charge in [0.25, 0.3) is 5.91 Å². The molecule has 1 saturated heterocycles. The van der Waals surface area contributed by atoms with Crippen LogP contribution in [0, 0.1) is 6.92 Å². The number of amides is 1. The number of anilines is 4. The SMILES string of the molecule is Cc1cc(N2CCCC2)nc(Nc2ccc(NC(=O)c3cccc(-n4cnnn4)c3)cc2)n1. The maximum atomic E-state index is 12.7. The van der Waals surface area contributed by atoms with Crippen LogP contribution in [0.1, 0.15) is 28.9 Å².